The van der Waals surface area contributed by atoms with E-state index in [-0.39, 0.29) is 0 Å². The van der Waals surface area contributed by atoms with E-state index in [0.29, 0.717) is 0 Å². The van der Waals surface area contributed by atoms with Crippen LogP contribution in [0.4, 0.5) is 0 Å². The standard InChI is InChI=1S/C7H13NS/c1-3-5-7(9)6(8)4-2/h4-5,9H,3,8H2,1-2H3/b6-4+,7-5+. The molecule has 0 aliphatic heterocycles. The van der Waals surface area contributed by atoms with E-state index in [2.05, 4.69) is 19.6 Å². The van der Waals surface area contributed by atoms with Gasteiger partial charge < -0.3 is 5.73 Å². The lowest BCUT2D eigenvalue weighted by atomic mass is 10.3. The van der Waals surface area contributed by atoms with Gasteiger partial charge in [-0.15, -0.1) is 12.6 Å². The van der Waals surface area contributed by atoms with Gasteiger partial charge in [-0.3, -0.25) is 0 Å². The first-order valence-electron chi connectivity index (χ1n) is 3.03. The Morgan fingerprint density at radius 2 is 2.22 bits per heavy atom. The van der Waals surface area contributed by atoms with Crippen LogP contribution in [0.5, 0.6) is 0 Å². The van der Waals surface area contributed by atoms with E-state index in [1.807, 2.05) is 19.1 Å². The second-order valence-electron chi connectivity index (χ2n) is 1.74. The third-order valence-corrected chi connectivity index (χ3v) is 1.45. The lowest BCUT2D eigenvalue weighted by molar-refractivity contribution is 1.20. The van der Waals surface area contributed by atoms with Gasteiger partial charge in [0.25, 0.3) is 0 Å². The van der Waals surface area contributed by atoms with Gasteiger partial charge in [0.1, 0.15) is 0 Å². The molecule has 0 saturated carbocycles. The Balaban J connectivity index is 4.03. The van der Waals surface area contributed by atoms with E-state index in [1.165, 1.54) is 0 Å². The lowest BCUT2D eigenvalue weighted by Crippen LogP contribution is -1.95. The van der Waals surface area contributed by atoms with E-state index in [4.69, 9.17) is 5.73 Å². The van der Waals surface area contributed by atoms with Crippen LogP contribution in [-0.2, 0) is 0 Å². The summed E-state index contributed by atoms with van der Waals surface area (Å²) in [5, 5.41) is 0. The summed E-state index contributed by atoms with van der Waals surface area (Å²) in [6.07, 6.45) is 4.81. The van der Waals surface area contributed by atoms with Crippen molar-refractivity contribution in [3.8, 4) is 0 Å². The van der Waals surface area contributed by atoms with Gasteiger partial charge in [-0.05, 0) is 13.3 Å². The predicted octanol–water partition coefficient (Wildman–Crippen LogP) is 2.07. The molecule has 0 bridgehead atoms. The summed E-state index contributed by atoms with van der Waals surface area (Å²) in [4.78, 5) is 0.875. The lowest BCUT2D eigenvalue weighted by Gasteiger charge is -1.96. The number of hydrogen-bond acceptors (Lipinski definition) is 2. The second-order valence-corrected chi connectivity index (χ2v) is 2.22. The van der Waals surface area contributed by atoms with Crippen molar-refractivity contribution in [1.29, 1.82) is 0 Å². The van der Waals surface area contributed by atoms with Crippen LogP contribution in [-0.4, -0.2) is 0 Å². The van der Waals surface area contributed by atoms with Crippen LogP contribution < -0.4 is 5.73 Å². The Bertz CT molecular complexity index is 136. The van der Waals surface area contributed by atoms with Gasteiger partial charge >= 0.3 is 0 Å². The molecule has 0 aromatic rings. The van der Waals surface area contributed by atoms with Crippen molar-refractivity contribution in [1.82, 2.24) is 0 Å². The Hall–Kier alpha value is -0.370. The first-order chi connectivity index (χ1) is 4.22. The zero-order valence-corrected chi connectivity index (χ0v) is 6.78. The molecule has 52 valence electrons. The van der Waals surface area contributed by atoms with Crippen LogP contribution in [0, 0.1) is 0 Å². The van der Waals surface area contributed by atoms with Crippen molar-refractivity contribution >= 4 is 12.6 Å². The van der Waals surface area contributed by atoms with E-state index >= 15 is 0 Å². The van der Waals surface area contributed by atoms with Crippen molar-refractivity contribution in [3.05, 3.63) is 22.8 Å². The summed E-state index contributed by atoms with van der Waals surface area (Å²) in [6, 6.07) is 0. The Morgan fingerprint density at radius 1 is 1.67 bits per heavy atom. The molecular weight excluding hydrogens is 130 g/mol. The smallest absolute Gasteiger partial charge is 0.0403 e. The number of nitrogens with two attached hydrogens (primary N) is 1. The van der Waals surface area contributed by atoms with E-state index < -0.39 is 0 Å². The molecule has 1 nitrogen and oxygen atoms in total. The van der Waals surface area contributed by atoms with E-state index in [9.17, 15) is 0 Å². The minimum atomic E-state index is 0.750. The predicted molar refractivity (Wildman–Crippen MR) is 45.3 cm³/mol. The largest absolute Gasteiger partial charge is 0.398 e. The summed E-state index contributed by atoms with van der Waals surface area (Å²) in [5.41, 5.74) is 6.27. The minimum Gasteiger partial charge on any atom is -0.398 e. The Morgan fingerprint density at radius 3 is 2.56 bits per heavy atom. The molecule has 0 aromatic carbocycles. The summed E-state index contributed by atoms with van der Waals surface area (Å²) < 4.78 is 0. The Kier molecular flexibility index (Phi) is 4.32. The third-order valence-electron chi connectivity index (χ3n) is 1.00. The molecule has 2 N–H and O–H groups in total. The highest BCUT2D eigenvalue weighted by Crippen LogP contribution is 2.08. The average molecular weight is 143 g/mol. The van der Waals surface area contributed by atoms with Crippen LogP contribution in [0.1, 0.15) is 20.3 Å². The summed E-state index contributed by atoms with van der Waals surface area (Å²) in [7, 11) is 0. The van der Waals surface area contributed by atoms with Crippen molar-refractivity contribution in [2.24, 2.45) is 5.73 Å². The first-order valence-corrected chi connectivity index (χ1v) is 3.48. The summed E-state index contributed by atoms with van der Waals surface area (Å²) in [5.74, 6) is 0. The van der Waals surface area contributed by atoms with Crippen LogP contribution in [0.25, 0.3) is 0 Å². The summed E-state index contributed by atoms with van der Waals surface area (Å²) in [6.45, 7) is 3.95. The molecule has 0 atom stereocenters. The number of rotatable bonds is 2. The molecule has 0 aliphatic carbocycles. The average Bonchev–Trinajstić information content (AvgIpc) is 1.87. The molecule has 0 saturated heterocycles. The molecule has 0 rings (SSSR count). The fourth-order valence-corrected chi connectivity index (χ4v) is 0.771. The van der Waals surface area contributed by atoms with Gasteiger partial charge in [-0.25, -0.2) is 0 Å². The zero-order valence-electron chi connectivity index (χ0n) is 5.89. The van der Waals surface area contributed by atoms with Gasteiger partial charge in [0.05, 0.1) is 0 Å². The first kappa shape index (κ1) is 8.63. The normalized spacial score (nSPS) is 14.1. The maximum atomic E-state index is 5.52. The van der Waals surface area contributed by atoms with E-state index in [1.54, 1.807) is 0 Å². The number of hydrogen-bond donors (Lipinski definition) is 2. The molecule has 0 amide bonds. The van der Waals surface area contributed by atoms with Crippen LogP contribution in [0.15, 0.2) is 22.8 Å². The molecule has 0 radical (unpaired) electrons. The van der Waals surface area contributed by atoms with Crippen molar-refractivity contribution in [3.63, 3.8) is 0 Å². The highest BCUT2D eigenvalue weighted by molar-refractivity contribution is 7.84. The highest BCUT2D eigenvalue weighted by atomic mass is 32.1. The maximum absolute atomic E-state index is 5.52. The molecular formula is C7H13NS. The summed E-state index contributed by atoms with van der Waals surface area (Å²) >= 11 is 4.15. The third kappa shape index (κ3) is 3.25. The molecule has 2 heteroatoms. The van der Waals surface area contributed by atoms with E-state index in [0.717, 1.165) is 17.0 Å². The topological polar surface area (TPSA) is 26.0 Å². The van der Waals surface area contributed by atoms with Gasteiger partial charge in [0, 0.05) is 10.6 Å². The Labute approximate surface area is 62.0 Å². The molecule has 9 heavy (non-hydrogen) atoms. The van der Waals surface area contributed by atoms with Crippen LogP contribution in [0.2, 0.25) is 0 Å². The second kappa shape index (κ2) is 4.50. The molecule has 0 unspecified atom stereocenters. The van der Waals surface area contributed by atoms with Crippen molar-refractivity contribution in [2.75, 3.05) is 0 Å². The van der Waals surface area contributed by atoms with Crippen LogP contribution in [0.3, 0.4) is 0 Å². The molecule has 0 aliphatic rings. The van der Waals surface area contributed by atoms with Crippen molar-refractivity contribution < 1.29 is 0 Å². The fraction of sp³-hybridized carbons (Fsp3) is 0.429. The highest BCUT2D eigenvalue weighted by Gasteiger charge is 1.88. The number of allylic oxidation sites excluding steroid dienone is 2. The molecule has 0 spiro atoms. The zero-order chi connectivity index (χ0) is 7.28. The van der Waals surface area contributed by atoms with Gasteiger partial charge in [0.2, 0.25) is 0 Å². The quantitative estimate of drug-likeness (QED) is 0.449. The fourth-order valence-electron chi connectivity index (χ4n) is 0.459. The molecule has 0 fully saturated rings. The molecule has 0 heterocycles. The van der Waals surface area contributed by atoms with Crippen LogP contribution >= 0.6 is 12.6 Å². The molecule has 0 aromatic heterocycles. The SMILES string of the molecule is C/C=C(N)\C(S)=C/CC. The minimum absolute atomic E-state index is 0.750. The number of thiol groups is 1. The van der Waals surface area contributed by atoms with Crippen molar-refractivity contribution in [2.45, 2.75) is 20.3 Å². The monoisotopic (exact) mass is 143 g/mol. The van der Waals surface area contributed by atoms with Gasteiger partial charge in [0.15, 0.2) is 0 Å². The van der Waals surface area contributed by atoms with Gasteiger partial charge in [-0.2, -0.15) is 0 Å². The maximum Gasteiger partial charge on any atom is 0.0403 e. The van der Waals surface area contributed by atoms with Gasteiger partial charge in [-0.1, -0.05) is 19.1 Å².